The van der Waals surface area contributed by atoms with Crippen molar-refractivity contribution in [2.75, 3.05) is 33.3 Å². The number of methoxy groups -OCH3 is 1. The predicted molar refractivity (Wildman–Crippen MR) is 101 cm³/mol. The molecule has 1 saturated heterocycles. The van der Waals surface area contributed by atoms with Gasteiger partial charge < -0.3 is 23.7 Å². The zero-order chi connectivity index (χ0) is 19.8. The molecule has 0 spiro atoms. The van der Waals surface area contributed by atoms with Crippen molar-refractivity contribution in [2.45, 2.75) is 33.3 Å². The molecule has 0 unspecified atom stereocenters. The number of fused-ring (bicyclic) bond motifs is 1. The summed E-state index contributed by atoms with van der Waals surface area (Å²) in [5.74, 6) is 0.895. The second-order valence-electron chi connectivity index (χ2n) is 7.68. The van der Waals surface area contributed by atoms with Crippen LogP contribution in [0.25, 0.3) is 11.0 Å². The summed E-state index contributed by atoms with van der Waals surface area (Å²) in [6.07, 6.45) is -0.346. The molecule has 7 heteroatoms. The van der Waals surface area contributed by atoms with Gasteiger partial charge >= 0.3 is 6.09 Å². The van der Waals surface area contributed by atoms with Crippen molar-refractivity contribution in [1.82, 2.24) is 9.80 Å². The third kappa shape index (κ3) is 4.02. The number of amides is 2. The number of furan rings is 1. The first-order chi connectivity index (χ1) is 12.7. The van der Waals surface area contributed by atoms with Crippen molar-refractivity contribution in [3.05, 3.63) is 29.5 Å². The highest BCUT2D eigenvalue weighted by Gasteiger charge is 2.30. The summed E-state index contributed by atoms with van der Waals surface area (Å²) in [7, 11) is 1.60. The zero-order valence-corrected chi connectivity index (χ0v) is 16.5. The van der Waals surface area contributed by atoms with Crippen molar-refractivity contribution >= 4 is 23.0 Å². The normalized spacial score (nSPS) is 15.1. The number of nitrogens with zero attached hydrogens (tertiary/aromatic N) is 2. The Hall–Kier alpha value is -2.70. The number of ether oxygens (including phenoxy) is 2. The molecule has 2 amide bonds. The second kappa shape index (κ2) is 7.13. The van der Waals surface area contributed by atoms with E-state index in [2.05, 4.69) is 0 Å². The smallest absolute Gasteiger partial charge is 0.410 e. The van der Waals surface area contributed by atoms with Gasteiger partial charge in [-0.05, 0) is 45.9 Å². The number of aryl methyl sites for hydroxylation is 1. The van der Waals surface area contributed by atoms with E-state index in [9.17, 15) is 9.59 Å². The van der Waals surface area contributed by atoms with Crippen LogP contribution in [0.15, 0.2) is 22.6 Å². The summed E-state index contributed by atoms with van der Waals surface area (Å²) in [6, 6.07) is 5.48. The molecule has 0 radical (unpaired) electrons. The minimum atomic E-state index is -0.531. The molecule has 0 atom stereocenters. The number of carbonyl (C=O) groups excluding carboxylic acids is 2. The molecule has 0 aliphatic carbocycles. The fourth-order valence-electron chi connectivity index (χ4n) is 3.09. The van der Waals surface area contributed by atoms with Gasteiger partial charge in [-0.15, -0.1) is 0 Å². The number of carbonyl (C=O) groups is 2. The number of benzene rings is 1. The Morgan fingerprint density at radius 3 is 2.30 bits per heavy atom. The molecule has 7 nitrogen and oxygen atoms in total. The lowest BCUT2D eigenvalue weighted by atomic mass is 10.1. The molecule has 0 N–H and O–H groups in total. The molecule has 1 aromatic carbocycles. The van der Waals surface area contributed by atoms with Gasteiger partial charge in [0.1, 0.15) is 16.9 Å². The van der Waals surface area contributed by atoms with Gasteiger partial charge in [0.05, 0.1) is 7.11 Å². The summed E-state index contributed by atoms with van der Waals surface area (Å²) >= 11 is 0. The lowest BCUT2D eigenvalue weighted by Crippen LogP contribution is -2.51. The van der Waals surface area contributed by atoms with E-state index < -0.39 is 5.60 Å². The number of hydrogen-bond donors (Lipinski definition) is 0. The summed E-state index contributed by atoms with van der Waals surface area (Å²) in [4.78, 5) is 28.4. The lowest BCUT2D eigenvalue weighted by Gasteiger charge is -2.35. The predicted octanol–water partition coefficient (Wildman–Crippen LogP) is 3.44. The van der Waals surface area contributed by atoms with Crippen molar-refractivity contribution < 1.29 is 23.5 Å². The fraction of sp³-hybridized carbons (Fsp3) is 0.500. The Labute approximate surface area is 158 Å². The van der Waals surface area contributed by atoms with E-state index in [1.807, 2.05) is 33.8 Å². The maximum atomic E-state index is 12.9. The van der Waals surface area contributed by atoms with E-state index in [-0.39, 0.29) is 12.0 Å². The highest BCUT2D eigenvalue weighted by atomic mass is 16.6. The van der Waals surface area contributed by atoms with Gasteiger partial charge in [-0.2, -0.15) is 0 Å². The van der Waals surface area contributed by atoms with E-state index in [1.165, 1.54) is 0 Å². The fourth-order valence-corrected chi connectivity index (χ4v) is 3.09. The van der Waals surface area contributed by atoms with E-state index in [1.54, 1.807) is 29.0 Å². The van der Waals surface area contributed by atoms with Gasteiger partial charge in [-0.25, -0.2) is 4.79 Å². The number of hydrogen-bond acceptors (Lipinski definition) is 5. The van der Waals surface area contributed by atoms with Crippen LogP contribution in [-0.2, 0) is 4.74 Å². The molecule has 1 aliphatic heterocycles. The van der Waals surface area contributed by atoms with Gasteiger partial charge in [0.25, 0.3) is 5.91 Å². The Bertz CT molecular complexity index is 857. The topological polar surface area (TPSA) is 72.2 Å². The average Bonchev–Trinajstić information content (AvgIpc) is 2.96. The van der Waals surface area contributed by atoms with Crippen LogP contribution in [0.2, 0.25) is 0 Å². The first-order valence-corrected chi connectivity index (χ1v) is 9.04. The minimum Gasteiger partial charge on any atom is -0.497 e. The van der Waals surface area contributed by atoms with Crippen LogP contribution in [0.1, 0.15) is 36.9 Å². The third-order valence-corrected chi connectivity index (χ3v) is 4.56. The molecular weight excluding hydrogens is 348 g/mol. The quantitative estimate of drug-likeness (QED) is 0.805. The van der Waals surface area contributed by atoms with E-state index in [0.717, 1.165) is 16.7 Å². The van der Waals surface area contributed by atoms with E-state index in [0.29, 0.717) is 37.5 Å². The van der Waals surface area contributed by atoms with Crippen LogP contribution in [0.3, 0.4) is 0 Å². The summed E-state index contributed by atoms with van der Waals surface area (Å²) in [5.41, 5.74) is 0.920. The first kappa shape index (κ1) is 19.1. The highest BCUT2D eigenvalue weighted by molar-refractivity contribution is 5.99. The van der Waals surface area contributed by atoms with Crippen LogP contribution in [0.5, 0.6) is 5.75 Å². The molecule has 3 rings (SSSR count). The van der Waals surface area contributed by atoms with E-state index >= 15 is 0 Å². The average molecular weight is 374 g/mol. The van der Waals surface area contributed by atoms with Crippen LogP contribution < -0.4 is 4.74 Å². The second-order valence-corrected chi connectivity index (χ2v) is 7.68. The van der Waals surface area contributed by atoms with Gasteiger partial charge in [-0.3, -0.25) is 4.79 Å². The van der Waals surface area contributed by atoms with Crippen LogP contribution >= 0.6 is 0 Å². The summed E-state index contributed by atoms with van der Waals surface area (Å²) < 4.78 is 16.4. The molecule has 1 aliphatic rings. The molecule has 27 heavy (non-hydrogen) atoms. The Balaban J connectivity index is 1.70. The third-order valence-electron chi connectivity index (χ3n) is 4.56. The standard InChI is InChI=1S/C20H26N2O5/c1-13-15-12-14(25-5)6-7-16(15)26-17(13)18(23)21-8-10-22(11-9-21)19(24)27-20(2,3)4/h6-7,12H,8-11H2,1-5H3. The lowest BCUT2D eigenvalue weighted by molar-refractivity contribution is 0.0137. The molecule has 1 fully saturated rings. The number of rotatable bonds is 2. The van der Waals surface area contributed by atoms with Crippen LogP contribution in [-0.4, -0.2) is 60.7 Å². The highest BCUT2D eigenvalue weighted by Crippen LogP contribution is 2.29. The maximum Gasteiger partial charge on any atom is 0.410 e. The van der Waals surface area contributed by atoms with Gasteiger partial charge in [0, 0.05) is 37.1 Å². The number of piperazine rings is 1. The molecule has 0 saturated carbocycles. The van der Waals surface area contributed by atoms with Crippen LogP contribution in [0.4, 0.5) is 4.79 Å². The van der Waals surface area contributed by atoms with E-state index in [4.69, 9.17) is 13.9 Å². The first-order valence-electron chi connectivity index (χ1n) is 9.04. The van der Waals surface area contributed by atoms with Gasteiger partial charge in [0.2, 0.25) is 0 Å². The van der Waals surface area contributed by atoms with Crippen molar-refractivity contribution in [3.63, 3.8) is 0 Å². The molecule has 146 valence electrons. The van der Waals surface area contributed by atoms with Crippen molar-refractivity contribution in [1.29, 1.82) is 0 Å². The van der Waals surface area contributed by atoms with Gasteiger partial charge in [0.15, 0.2) is 5.76 Å². The molecule has 0 bridgehead atoms. The molecular formula is C20H26N2O5. The zero-order valence-electron chi connectivity index (χ0n) is 16.5. The van der Waals surface area contributed by atoms with Gasteiger partial charge in [-0.1, -0.05) is 0 Å². The minimum absolute atomic E-state index is 0.161. The SMILES string of the molecule is COc1ccc2oc(C(=O)N3CCN(C(=O)OC(C)(C)C)CC3)c(C)c2c1. The van der Waals surface area contributed by atoms with Crippen molar-refractivity contribution in [3.8, 4) is 5.75 Å². The summed E-state index contributed by atoms with van der Waals surface area (Å²) in [5, 5.41) is 0.866. The maximum absolute atomic E-state index is 12.9. The molecule has 1 aromatic heterocycles. The van der Waals surface area contributed by atoms with Crippen LogP contribution in [0, 0.1) is 6.92 Å². The largest absolute Gasteiger partial charge is 0.497 e. The Kier molecular flexibility index (Phi) is 5.04. The Morgan fingerprint density at radius 2 is 1.70 bits per heavy atom. The molecule has 2 heterocycles. The van der Waals surface area contributed by atoms with Crippen molar-refractivity contribution in [2.24, 2.45) is 0 Å². The summed E-state index contributed by atoms with van der Waals surface area (Å²) in [6.45, 7) is 9.14. The molecule has 2 aromatic rings. The Morgan fingerprint density at radius 1 is 1.07 bits per heavy atom. The monoisotopic (exact) mass is 374 g/mol.